The standard InChI is InChI=1S/C14H15BrClNO/c15-10-3-4-12(16)11(7-10)14(18)17-13-6-8-1-2-9(13)5-8/h3-4,7-9,13H,1-2,5-6H2,(H,17,18)/t8-,9+,13+/m0/s1. The summed E-state index contributed by atoms with van der Waals surface area (Å²) in [5.41, 5.74) is 0.564. The van der Waals surface area contributed by atoms with Crippen molar-refractivity contribution in [3.63, 3.8) is 0 Å². The van der Waals surface area contributed by atoms with Crippen LogP contribution in [0.1, 0.15) is 36.0 Å². The fourth-order valence-corrected chi connectivity index (χ4v) is 3.90. The number of benzene rings is 1. The van der Waals surface area contributed by atoms with Gasteiger partial charge in [0.25, 0.3) is 5.91 Å². The van der Waals surface area contributed by atoms with Crippen molar-refractivity contribution < 1.29 is 4.79 Å². The Morgan fingerprint density at radius 2 is 2.17 bits per heavy atom. The van der Waals surface area contributed by atoms with Crippen LogP contribution in [-0.2, 0) is 0 Å². The van der Waals surface area contributed by atoms with Crippen LogP contribution < -0.4 is 5.32 Å². The molecule has 1 N–H and O–H groups in total. The molecule has 0 unspecified atom stereocenters. The highest BCUT2D eigenvalue weighted by Crippen LogP contribution is 2.44. The Bertz CT molecular complexity index is 491. The molecule has 0 radical (unpaired) electrons. The molecule has 1 amide bonds. The van der Waals surface area contributed by atoms with Crippen LogP contribution in [0.5, 0.6) is 0 Å². The van der Waals surface area contributed by atoms with Crippen LogP contribution in [0.4, 0.5) is 0 Å². The molecule has 2 nitrogen and oxygen atoms in total. The Labute approximate surface area is 120 Å². The van der Waals surface area contributed by atoms with Gasteiger partial charge in [-0.25, -0.2) is 0 Å². The van der Waals surface area contributed by atoms with Crippen molar-refractivity contribution in [3.05, 3.63) is 33.3 Å². The number of carbonyl (C=O) groups is 1. The quantitative estimate of drug-likeness (QED) is 0.873. The highest BCUT2D eigenvalue weighted by Gasteiger charge is 2.40. The second kappa shape index (κ2) is 4.86. The maximum Gasteiger partial charge on any atom is 0.253 e. The number of halogens is 2. The Morgan fingerprint density at radius 3 is 2.83 bits per heavy atom. The van der Waals surface area contributed by atoms with E-state index in [1.807, 2.05) is 6.07 Å². The predicted octanol–water partition coefficient (Wildman–Crippen LogP) is 4.02. The van der Waals surface area contributed by atoms with Crippen molar-refractivity contribution in [1.29, 1.82) is 0 Å². The molecule has 2 aliphatic carbocycles. The number of hydrogen-bond acceptors (Lipinski definition) is 1. The van der Waals surface area contributed by atoms with Crippen molar-refractivity contribution in [3.8, 4) is 0 Å². The number of fused-ring (bicyclic) bond motifs is 2. The van der Waals surface area contributed by atoms with Gasteiger partial charge in [0.15, 0.2) is 0 Å². The molecule has 4 heteroatoms. The van der Waals surface area contributed by atoms with Crippen LogP contribution in [-0.4, -0.2) is 11.9 Å². The molecule has 2 aliphatic rings. The molecule has 18 heavy (non-hydrogen) atoms. The predicted molar refractivity (Wildman–Crippen MR) is 75.9 cm³/mol. The normalized spacial score (nSPS) is 29.6. The Hall–Kier alpha value is -0.540. The van der Waals surface area contributed by atoms with E-state index in [0.717, 1.165) is 16.8 Å². The summed E-state index contributed by atoms with van der Waals surface area (Å²) in [7, 11) is 0. The van der Waals surface area contributed by atoms with E-state index < -0.39 is 0 Å². The lowest BCUT2D eigenvalue weighted by Crippen LogP contribution is -2.38. The smallest absolute Gasteiger partial charge is 0.253 e. The van der Waals surface area contributed by atoms with Crippen molar-refractivity contribution >= 4 is 33.4 Å². The zero-order valence-corrected chi connectivity index (χ0v) is 12.3. The minimum atomic E-state index is -0.0427. The molecule has 0 spiro atoms. The first-order valence-electron chi connectivity index (χ1n) is 6.39. The topological polar surface area (TPSA) is 29.1 Å². The lowest BCUT2D eigenvalue weighted by Gasteiger charge is -2.23. The molecule has 0 heterocycles. The van der Waals surface area contributed by atoms with Gasteiger partial charge in [0.05, 0.1) is 10.6 Å². The van der Waals surface area contributed by atoms with Crippen LogP contribution in [0.25, 0.3) is 0 Å². The van der Waals surface area contributed by atoms with Crippen molar-refractivity contribution in [2.75, 3.05) is 0 Å². The lowest BCUT2D eigenvalue weighted by molar-refractivity contribution is 0.0923. The highest BCUT2D eigenvalue weighted by molar-refractivity contribution is 9.10. The van der Waals surface area contributed by atoms with Gasteiger partial charge < -0.3 is 5.32 Å². The van der Waals surface area contributed by atoms with Crippen LogP contribution in [0.3, 0.4) is 0 Å². The highest BCUT2D eigenvalue weighted by atomic mass is 79.9. The van der Waals surface area contributed by atoms with E-state index in [0.29, 0.717) is 22.5 Å². The van der Waals surface area contributed by atoms with Gasteiger partial charge in [-0.05, 0) is 49.3 Å². The van der Waals surface area contributed by atoms with Crippen molar-refractivity contribution in [1.82, 2.24) is 5.32 Å². The van der Waals surface area contributed by atoms with Crippen LogP contribution in [0, 0.1) is 11.8 Å². The van der Waals surface area contributed by atoms with Crippen LogP contribution in [0.15, 0.2) is 22.7 Å². The van der Waals surface area contributed by atoms with Gasteiger partial charge in [-0.2, -0.15) is 0 Å². The molecule has 1 aromatic rings. The minimum Gasteiger partial charge on any atom is -0.349 e. The monoisotopic (exact) mass is 327 g/mol. The number of hydrogen-bond donors (Lipinski definition) is 1. The van der Waals surface area contributed by atoms with Crippen molar-refractivity contribution in [2.24, 2.45) is 11.8 Å². The molecule has 0 saturated heterocycles. The summed E-state index contributed by atoms with van der Waals surface area (Å²) >= 11 is 9.45. The summed E-state index contributed by atoms with van der Waals surface area (Å²) in [5, 5.41) is 3.66. The molecule has 2 saturated carbocycles. The number of rotatable bonds is 2. The SMILES string of the molecule is O=C(N[C@@H]1C[C@H]2CC[C@@H]1C2)c1cc(Br)ccc1Cl. The van der Waals surface area contributed by atoms with Gasteiger partial charge in [0.2, 0.25) is 0 Å². The summed E-state index contributed by atoms with van der Waals surface area (Å²) in [6, 6.07) is 5.73. The molecular weight excluding hydrogens is 314 g/mol. The Balaban J connectivity index is 1.73. The van der Waals surface area contributed by atoms with E-state index in [1.54, 1.807) is 12.1 Å². The molecule has 0 aromatic heterocycles. The average molecular weight is 329 g/mol. The van der Waals surface area contributed by atoms with E-state index in [9.17, 15) is 4.79 Å². The first kappa shape index (κ1) is 12.5. The van der Waals surface area contributed by atoms with E-state index in [1.165, 1.54) is 19.3 Å². The maximum absolute atomic E-state index is 12.2. The third-order valence-electron chi connectivity index (χ3n) is 4.23. The largest absolute Gasteiger partial charge is 0.349 e. The van der Waals surface area contributed by atoms with E-state index in [4.69, 9.17) is 11.6 Å². The first-order valence-corrected chi connectivity index (χ1v) is 7.56. The molecule has 2 fully saturated rings. The average Bonchev–Trinajstić information content (AvgIpc) is 2.94. The fraction of sp³-hybridized carbons (Fsp3) is 0.500. The number of nitrogens with one attached hydrogen (secondary N) is 1. The van der Waals surface area contributed by atoms with E-state index in [-0.39, 0.29) is 5.91 Å². The molecule has 1 aromatic carbocycles. The van der Waals surface area contributed by atoms with Gasteiger partial charge in [-0.1, -0.05) is 34.0 Å². The summed E-state index contributed by atoms with van der Waals surface area (Å²) < 4.78 is 0.880. The van der Waals surface area contributed by atoms with Gasteiger partial charge in [0, 0.05) is 10.5 Å². The second-order valence-corrected chi connectivity index (χ2v) is 6.70. The Kier molecular flexibility index (Phi) is 3.37. The molecule has 3 atom stereocenters. The van der Waals surface area contributed by atoms with Gasteiger partial charge in [-0.15, -0.1) is 0 Å². The lowest BCUT2D eigenvalue weighted by atomic mass is 9.95. The van der Waals surface area contributed by atoms with Gasteiger partial charge >= 0.3 is 0 Å². The third kappa shape index (κ3) is 2.30. The summed E-state index contributed by atoms with van der Waals surface area (Å²) in [5.74, 6) is 1.47. The maximum atomic E-state index is 12.2. The molecule has 3 rings (SSSR count). The number of carbonyl (C=O) groups excluding carboxylic acids is 1. The molecule has 0 aliphatic heterocycles. The van der Waals surface area contributed by atoms with Crippen molar-refractivity contribution in [2.45, 2.75) is 31.7 Å². The third-order valence-corrected chi connectivity index (χ3v) is 5.05. The zero-order valence-electron chi connectivity index (χ0n) is 9.96. The molecule has 96 valence electrons. The summed E-state index contributed by atoms with van der Waals surface area (Å²) in [4.78, 5) is 12.2. The fourth-order valence-electron chi connectivity index (χ4n) is 3.34. The van der Waals surface area contributed by atoms with Crippen LogP contribution in [0.2, 0.25) is 5.02 Å². The van der Waals surface area contributed by atoms with Gasteiger partial charge in [0.1, 0.15) is 0 Å². The summed E-state index contributed by atoms with van der Waals surface area (Å²) in [6.07, 6.45) is 5.04. The zero-order chi connectivity index (χ0) is 12.7. The number of amides is 1. The minimum absolute atomic E-state index is 0.0427. The van der Waals surface area contributed by atoms with E-state index >= 15 is 0 Å². The Morgan fingerprint density at radius 1 is 1.33 bits per heavy atom. The second-order valence-electron chi connectivity index (χ2n) is 5.38. The van der Waals surface area contributed by atoms with Gasteiger partial charge in [-0.3, -0.25) is 4.79 Å². The summed E-state index contributed by atoms with van der Waals surface area (Å²) in [6.45, 7) is 0. The molecule has 2 bridgehead atoms. The van der Waals surface area contributed by atoms with E-state index in [2.05, 4.69) is 21.2 Å². The van der Waals surface area contributed by atoms with Crippen LogP contribution >= 0.6 is 27.5 Å². The first-order chi connectivity index (χ1) is 8.63. The molecular formula is C14H15BrClNO.